The Bertz CT molecular complexity index is 376. The van der Waals surface area contributed by atoms with Crippen molar-refractivity contribution in [2.75, 3.05) is 13.2 Å². The van der Waals surface area contributed by atoms with Crippen LogP contribution in [-0.4, -0.2) is 19.2 Å². The van der Waals surface area contributed by atoms with Crippen molar-refractivity contribution in [3.8, 4) is 0 Å². The fourth-order valence-corrected chi connectivity index (χ4v) is 3.09. The summed E-state index contributed by atoms with van der Waals surface area (Å²) in [5.41, 5.74) is 1.21. The maximum atomic E-state index is 6.28. The highest BCUT2D eigenvalue weighted by atomic mass is 16.5. The zero-order chi connectivity index (χ0) is 13.7. The van der Waals surface area contributed by atoms with Gasteiger partial charge in [-0.1, -0.05) is 51.1 Å². The van der Waals surface area contributed by atoms with Crippen LogP contribution in [0.4, 0.5) is 0 Å². The molecule has 1 aromatic rings. The molecule has 0 spiro atoms. The average Bonchev–Trinajstić information content (AvgIpc) is 2.46. The van der Waals surface area contributed by atoms with Crippen molar-refractivity contribution in [1.29, 1.82) is 0 Å². The van der Waals surface area contributed by atoms with Crippen LogP contribution in [0.2, 0.25) is 0 Å². The summed E-state index contributed by atoms with van der Waals surface area (Å²) in [6.45, 7) is 8.73. The first-order valence-electron chi connectivity index (χ1n) is 7.62. The highest BCUT2D eigenvalue weighted by Gasteiger charge is 2.41. The zero-order valence-corrected chi connectivity index (χ0v) is 12.5. The fourth-order valence-electron chi connectivity index (χ4n) is 3.09. The summed E-state index contributed by atoms with van der Waals surface area (Å²) < 4.78 is 6.28. The Morgan fingerprint density at radius 3 is 2.68 bits per heavy atom. The van der Waals surface area contributed by atoms with Crippen LogP contribution in [0.5, 0.6) is 0 Å². The van der Waals surface area contributed by atoms with E-state index in [0.717, 1.165) is 26.0 Å². The molecule has 106 valence electrons. The number of hydrogen-bond donors (Lipinski definition) is 1. The maximum Gasteiger partial charge on any atom is 0.0968 e. The van der Waals surface area contributed by atoms with Crippen LogP contribution in [0.1, 0.15) is 45.6 Å². The van der Waals surface area contributed by atoms with Gasteiger partial charge < -0.3 is 10.1 Å². The van der Waals surface area contributed by atoms with E-state index in [0.29, 0.717) is 12.0 Å². The first-order valence-corrected chi connectivity index (χ1v) is 7.62. The van der Waals surface area contributed by atoms with Crippen LogP contribution in [0.15, 0.2) is 30.3 Å². The molecule has 0 aromatic heterocycles. The molecule has 0 saturated carbocycles. The van der Waals surface area contributed by atoms with Gasteiger partial charge in [0.15, 0.2) is 0 Å². The zero-order valence-electron chi connectivity index (χ0n) is 12.5. The Morgan fingerprint density at radius 1 is 1.32 bits per heavy atom. The largest absolute Gasteiger partial charge is 0.370 e. The maximum absolute atomic E-state index is 6.28. The van der Waals surface area contributed by atoms with Crippen molar-refractivity contribution in [3.63, 3.8) is 0 Å². The van der Waals surface area contributed by atoms with E-state index < -0.39 is 0 Å². The Hall–Kier alpha value is -0.860. The van der Waals surface area contributed by atoms with Crippen LogP contribution in [0.3, 0.4) is 0 Å². The second-order valence-electron chi connectivity index (χ2n) is 5.90. The highest BCUT2D eigenvalue weighted by Crippen LogP contribution is 2.41. The van der Waals surface area contributed by atoms with Crippen LogP contribution >= 0.6 is 0 Å². The van der Waals surface area contributed by atoms with Crippen LogP contribution in [0.25, 0.3) is 0 Å². The van der Waals surface area contributed by atoms with Crippen LogP contribution in [0, 0.1) is 5.92 Å². The van der Waals surface area contributed by atoms with Gasteiger partial charge in [-0.05, 0) is 37.3 Å². The van der Waals surface area contributed by atoms with E-state index in [1.54, 1.807) is 0 Å². The van der Waals surface area contributed by atoms with Gasteiger partial charge in [0.05, 0.1) is 5.60 Å². The van der Waals surface area contributed by atoms with Gasteiger partial charge in [0.25, 0.3) is 0 Å². The summed E-state index contributed by atoms with van der Waals surface area (Å²) in [6.07, 6.45) is 3.40. The Balaban J connectivity index is 2.20. The molecule has 1 aliphatic heterocycles. The molecule has 1 N–H and O–H groups in total. The Kier molecular flexibility index (Phi) is 5.00. The average molecular weight is 261 g/mol. The first-order chi connectivity index (χ1) is 9.19. The molecule has 1 fully saturated rings. The third-order valence-corrected chi connectivity index (χ3v) is 4.25. The predicted octanol–water partition coefficient (Wildman–Crippen LogP) is 3.72. The van der Waals surface area contributed by atoms with Gasteiger partial charge in [0.2, 0.25) is 0 Å². The lowest BCUT2D eigenvalue weighted by Gasteiger charge is -2.44. The summed E-state index contributed by atoms with van der Waals surface area (Å²) in [5.74, 6) is 0.487. The summed E-state index contributed by atoms with van der Waals surface area (Å²) in [4.78, 5) is 0. The third-order valence-electron chi connectivity index (χ3n) is 4.25. The van der Waals surface area contributed by atoms with Gasteiger partial charge in [-0.3, -0.25) is 0 Å². The lowest BCUT2D eigenvalue weighted by atomic mass is 9.76. The molecule has 2 nitrogen and oxygen atoms in total. The third kappa shape index (κ3) is 3.18. The smallest absolute Gasteiger partial charge is 0.0968 e. The minimum Gasteiger partial charge on any atom is -0.370 e. The molecular weight excluding hydrogens is 234 g/mol. The van der Waals surface area contributed by atoms with E-state index in [1.807, 2.05) is 0 Å². The van der Waals surface area contributed by atoms with Gasteiger partial charge in [-0.15, -0.1) is 0 Å². The van der Waals surface area contributed by atoms with E-state index in [9.17, 15) is 0 Å². The molecule has 0 amide bonds. The van der Waals surface area contributed by atoms with Crippen molar-refractivity contribution < 1.29 is 4.74 Å². The van der Waals surface area contributed by atoms with E-state index in [2.05, 4.69) is 56.4 Å². The molecule has 1 saturated heterocycles. The quantitative estimate of drug-likeness (QED) is 0.872. The van der Waals surface area contributed by atoms with Crippen LogP contribution < -0.4 is 5.32 Å². The van der Waals surface area contributed by atoms with E-state index >= 15 is 0 Å². The van der Waals surface area contributed by atoms with E-state index in [4.69, 9.17) is 4.74 Å². The van der Waals surface area contributed by atoms with Crippen molar-refractivity contribution in [1.82, 2.24) is 5.32 Å². The second kappa shape index (κ2) is 6.53. The summed E-state index contributed by atoms with van der Waals surface area (Å²) in [5, 5.41) is 3.67. The molecule has 2 heteroatoms. The molecule has 2 unspecified atom stereocenters. The Labute approximate surface area is 117 Å². The molecule has 2 rings (SSSR count). The van der Waals surface area contributed by atoms with Crippen molar-refractivity contribution in [2.24, 2.45) is 5.92 Å². The second-order valence-corrected chi connectivity index (χ2v) is 5.90. The molecule has 19 heavy (non-hydrogen) atoms. The van der Waals surface area contributed by atoms with Crippen molar-refractivity contribution in [2.45, 2.75) is 51.7 Å². The first kappa shape index (κ1) is 14.5. The molecule has 1 aliphatic rings. The Morgan fingerprint density at radius 2 is 2.05 bits per heavy atom. The van der Waals surface area contributed by atoms with Gasteiger partial charge >= 0.3 is 0 Å². The monoisotopic (exact) mass is 261 g/mol. The van der Waals surface area contributed by atoms with Crippen LogP contribution in [-0.2, 0) is 10.3 Å². The molecule has 1 aromatic carbocycles. The molecular formula is C17H27NO. The normalized spacial score (nSPS) is 27.7. The lowest BCUT2D eigenvalue weighted by molar-refractivity contribution is -0.124. The van der Waals surface area contributed by atoms with Gasteiger partial charge in [-0.2, -0.15) is 0 Å². The standard InChI is InChI=1S/C17H27NO/c1-4-11-18-16-10-12-19-17(13-16,14(2)3)15-8-6-5-7-9-15/h5-9,14,16,18H,4,10-13H2,1-3H3. The van der Waals surface area contributed by atoms with E-state index in [-0.39, 0.29) is 5.60 Å². The topological polar surface area (TPSA) is 21.3 Å². The summed E-state index contributed by atoms with van der Waals surface area (Å²) in [6, 6.07) is 11.3. The van der Waals surface area contributed by atoms with E-state index in [1.165, 1.54) is 12.0 Å². The minimum atomic E-state index is -0.120. The summed E-state index contributed by atoms with van der Waals surface area (Å²) in [7, 11) is 0. The SMILES string of the molecule is CCCNC1CCOC(c2ccccc2)(C(C)C)C1. The number of nitrogens with one attached hydrogen (secondary N) is 1. The summed E-state index contributed by atoms with van der Waals surface area (Å²) >= 11 is 0. The lowest BCUT2D eigenvalue weighted by Crippen LogP contribution is -2.48. The molecule has 0 bridgehead atoms. The van der Waals surface area contributed by atoms with Gasteiger partial charge in [-0.25, -0.2) is 0 Å². The number of ether oxygens (including phenoxy) is 1. The minimum absolute atomic E-state index is 0.120. The number of rotatable bonds is 5. The number of benzene rings is 1. The highest BCUT2D eigenvalue weighted by molar-refractivity contribution is 5.24. The molecule has 0 radical (unpaired) electrons. The molecule has 0 aliphatic carbocycles. The van der Waals surface area contributed by atoms with Crippen molar-refractivity contribution in [3.05, 3.63) is 35.9 Å². The molecule has 1 heterocycles. The van der Waals surface area contributed by atoms with Gasteiger partial charge in [0, 0.05) is 12.6 Å². The molecule has 2 atom stereocenters. The van der Waals surface area contributed by atoms with Crippen molar-refractivity contribution >= 4 is 0 Å². The fraction of sp³-hybridized carbons (Fsp3) is 0.647. The number of hydrogen-bond acceptors (Lipinski definition) is 2. The van der Waals surface area contributed by atoms with Gasteiger partial charge in [0.1, 0.15) is 0 Å². The predicted molar refractivity (Wildman–Crippen MR) is 80.2 cm³/mol.